The van der Waals surface area contributed by atoms with Crippen LogP contribution in [0.5, 0.6) is 0 Å². The number of nitrogens with two attached hydrogens (primary N) is 1. The highest BCUT2D eigenvalue weighted by Crippen LogP contribution is 2.13. The number of hydrogen-bond acceptors (Lipinski definition) is 2. The van der Waals surface area contributed by atoms with Gasteiger partial charge in [-0.25, -0.2) is 13.8 Å². The molecule has 1 amide bonds. The Morgan fingerprint density at radius 1 is 1.39 bits per heavy atom. The van der Waals surface area contributed by atoms with Gasteiger partial charge in [-0.05, 0) is 11.6 Å². The maximum Gasteiger partial charge on any atom is 0.237 e. The minimum Gasteiger partial charge on any atom is -0.368 e. The van der Waals surface area contributed by atoms with Gasteiger partial charge in [0.05, 0.1) is 0 Å². The van der Waals surface area contributed by atoms with Gasteiger partial charge in [-0.2, -0.15) is 0 Å². The Balaban J connectivity index is 2.23. The number of primary amides is 1. The van der Waals surface area contributed by atoms with Gasteiger partial charge in [0, 0.05) is 24.9 Å². The zero-order valence-corrected chi connectivity index (χ0v) is 9.44. The Kier molecular flexibility index (Phi) is 3.36. The first kappa shape index (κ1) is 12.2. The monoisotopic (exact) mass is 251 g/mol. The topological polar surface area (TPSA) is 60.9 Å². The molecule has 4 nitrogen and oxygen atoms in total. The Bertz CT molecular complexity index is 580. The lowest BCUT2D eigenvalue weighted by Crippen LogP contribution is -2.20. The van der Waals surface area contributed by atoms with Gasteiger partial charge in [0.15, 0.2) is 0 Å². The number of carbonyl (C=O) groups is 1. The van der Waals surface area contributed by atoms with Crippen molar-refractivity contribution in [2.75, 3.05) is 0 Å². The average Bonchev–Trinajstić information content (AvgIpc) is 2.69. The summed E-state index contributed by atoms with van der Waals surface area (Å²) >= 11 is 0. The molecule has 18 heavy (non-hydrogen) atoms. The summed E-state index contributed by atoms with van der Waals surface area (Å²) in [7, 11) is 0. The molecule has 0 radical (unpaired) electrons. The molecule has 0 aliphatic carbocycles. The van der Waals surface area contributed by atoms with Crippen molar-refractivity contribution in [3.8, 4) is 0 Å². The van der Waals surface area contributed by atoms with E-state index in [0.29, 0.717) is 11.4 Å². The van der Waals surface area contributed by atoms with Crippen LogP contribution in [0.3, 0.4) is 0 Å². The molecule has 0 spiro atoms. The molecule has 2 rings (SSSR count). The van der Waals surface area contributed by atoms with Gasteiger partial charge < -0.3 is 10.3 Å². The summed E-state index contributed by atoms with van der Waals surface area (Å²) in [6.45, 7) is -0.0157. The van der Waals surface area contributed by atoms with Crippen molar-refractivity contribution in [1.82, 2.24) is 9.55 Å². The maximum atomic E-state index is 13.5. The zero-order chi connectivity index (χ0) is 13.1. The van der Waals surface area contributed by atoms with Gasteiger partial charge in [-0.1, -0.05) is 6.07 Å². The van der Waals surface area contributed by atoms with Crippen LogP contribution in [-0.4, -0.2) is 15.5 Å². The van der Waals surface area contributed by atoms with Crippen LogP contribution in [0.15, 0.2) is 30.6 Å². The third-order valence-electron chi connectivity index (χ3n) is 2.49. The second-order valence-electron chi connectivity index (χ2n) is 3.85. The summed E-state index contributed by atoms with van der Waals surface area (Å²) in [5.41, 5.74) is 5.40. The molecule has 1 heterocycles. The SMILES string of the molecule is NC(=O)Cn1ccnc1Cc1ccc(F)cc1F. The number of carbonyl (C=O) groups excluding carboxylic acids is 1. The van der Waals surface area contributed by atoms with Crippen molar-refractivity contribution in [2.45, 2.75) is 13.0 Å². The van der Waals surface area contributed by atoms with E-state index < -0.39 is 17.5 Å². The minimum absolute atomic E-state index is 0.0157. The summed E-state index contributed by atoms with van der Waals surface area (Å²) in [6.07, 6.45) is 3.26. The summed E-state index contributed by atoms with van der Waals surface area (Å²) < 4.78 is 27.8. The molecule has 1 aromatic carbocycles. The molecular weight excluding hydrogens is 240 g/mol. The Hall–Kier alpha value is -2.24. The fourth-order valence-electron chi connectivity index (χ4n) is 1.65. The van der Waals surface area contributed by atoms with Crippen molar-refractivity contribution >= 4 is 5.91 Å². The Morgan fingerprint density at radius 3 is 2.83 bits per heavy atom. The van der Waals surface area contributed by atoms with Crippen LogP contribution >= 0.6 is 0 Å². The molecule has 0 unspecified atom stereocenters. The van der Waals surface area contributed by atoms with E-state index in [9.17, 15) is 13.6 Å². The fourth-order valence-corrected chi connectivity index (χ4v) is 1.65. The van der Waals surface area contributed by atoms with E-state index in [0.717, 1.165) is 6.07 Å². The lowest BCUT2D eigenvalue weighted by atomic mass is 10.1. The van der Waals surface area contributed by atoms with Crippen LogP contribution in [-0.2, 0) is 17.8 Å². The predicted octanol–water partition coefficient (Wildman–Crippen LogP) is 1.24. The first-order chi connectivity index (χ1) is 8.56. The van der Waals surface area contributed by atoms with E-state index in [1.54, 1.807) is 6.20 Å². The largest absolute Gasteiger partial charge is 0.368 e. The number of halogens is 2. The van der Waals surface area contributed by atoms with E-state index >= 15 is 0 Å². The highest BCUT2D eigenvalue weighted by molar-refractivity contribution is 5.73. The lowest BCUT2D eigenvalue weighted by Gasteiger charge is -2.06. The van der Waals surface area contributed by atoms with Crippen LogP contribution in [0.4, 0.5) is 8.78 Å². The van der Waals surface area contributed by atoms with Gasteiger partial charge in [-0.3, -0.25) is 4.79 Å². The maximum absolute atomic E-state index is 13.5. The van der Waals surface area contributed by atoms with E-state index in [1.807, 2.05) is 0 Å². The van der Waals surface area contributed by atoms with Gasteiger partial charge in [0.25, 0.3) is 0 Å². The molecule has 6 heteroatoms. The van der Waals surface area contributed by atoms with E-state index in [4.69, 9.17) is 5.73 Å². The molecule has 0 atom stereocenters. The van der Waals surface area contributed by atoms with E-state index in [1.165, 1.54) is 22.9 Å². The van der Waals surface area contributed by atoms with Crippen LogP contribution in [0.1, 0.15) is 11.4 Å². The molecule has 1 aromatic heterocycles. The van der Waals surface area contributed by atoms with Crippen LogP contribution in [0.25, 0.3) is 0 Å². The summed E-state index contributed by atoms with van der Waals surface area (Å²) in [6, 6.07) is 3.35. The normalized spacial score (nSPS) is 10.6. The van der Waals surface area contributed by atoms with Crippen molar-refractivity contribution < 1.29 is 13.6 Å². The smallest absolute Gasteiger partial charge is 0.237 e. The molecule has 2 N–H and O–H groups in total. The Morgan fingerprint density at radius 2 is 2.17 bits per heavy atom. The average molecular weight is 251 g/mol. The minimum atomic E-state index is -0.636. The van der Waals surface area contributed by atoms with Crippen molar-refractivity contribution in [2.24, 2.45) is 5.73 Å². The second kappa shape index (κ2) is 4.95. The summed E-state index contributed by atoms with van der Waals surface area (Å²) in [5, 5.41) is 0. The molecule has 94 valence electrons. The third-order valence-corrected chi connectivity index (χ3v) is 2.49. The number of aromatic nitrogens is 2. The quantitative estimate of drug-likeness (QED) is 0.888. The number of nitrogens with zero attached hydrogens (tertiary/aromatic N) is 2. The van der Waals surface area contributed by atoms with Gasteiger partial charge in [0.2, 0.25) is 5.91 Å². The number of imidazole rings is 1. The molecule has 0 aliphatic heterocycles. The second-order valence-corrected chi connectivity index (χ2v) is 3.85. The van der Waals surface area contributed by atoms with Crippen LogP contribution < -0.4 is 5.73 Å². The third kappa shape index (κ3) is 2.71. The molecule has 0 saturated heterocycles. The lowest BCUT2D eigenvalue weighted by molar-refractivity contribution is -0.118. The molecule has 0 aliphatic rings. The van der Waals surface area contributed by atoms with Crippen LogP contribution in [0, 0.1) is 11.6 Å². The number of amides is 1. The van der Waals surface area contributed by atoms with Crippen molar-refractivity contribution in [3.63, 3.8) is 0 Å². The van der Waals surface area contributed by atoms with Crippen molar-refractivity contribution in [1.29, 1.82) is 0 Å². The summed E-state index contributed by atoms with van der Waals surface area (Å²) in [5.74, 6) is -1.27. The first-order valence-electron chi connectivity index (χ1n) is 5.28. The van der Waals surface area contributed by atoms with Crippen LogP contribution in [0.2, 0.25) is 0 Å². The Labute approximate surface area is 102 Å². The first-order valence-corrected chi connectivity index (χ1v) is 5.28. The fraction of sp³-hybridized carbons (Fsp3) is 0.167. The summed E-state index contributed by atoms with van der Waals surface area (Å²) in [4.78, 5) is 14.9. The van der Waals surface area contributed by atoms with Crippen molar-refractivity contribution in [3.05, 3.63) is 53.6 Å². The zero-order valence-electron chi connectivity index (χ0n) is 9.44. The standard InChI is InChI=1S/C12H11F2N3O/c13-9-2-1-8(10(14)6-9)5-12-16-3-4-17(12)7-11(15)18/h1-4,6H,5,7H2,(H2,15,18). The molecule has 2 aromatic rings. The van der Waals surface area contributed by atoms with Gasteiger partial charge in [0.1, 0.15) is 24.0 Å². The van der Waals surface area contributed by atoms with E-state index in [2.05, 4.69) is 4.98 Å². The van der Waals surface area contributed by atoms with E-state index in [-0.39, 0.29) is 13.0 Å². The number of benzene rings is 1. The highest BCUT2D eigenvalue weighted by Gasteiger charge is 2.10. The molecule has 0 fully saturated rings. The molecule has 0 bridgehead atoms. The number of rotatable bonds is 4. The van der Waals surface area contributed by atoms with Gasteiger partial charge in [-0.15, -0.1) is 0 Å². The van der Waals surface area contributed by atoms with Gasteiger partial charge >= 0.3 is 0 Å². The highest BCUT2D eigenvalue weighted by atomic mass is 19.1. The molecule has 0 saturated carbocycles. The molecular formula is C12H11F2N3O. The predicted molar refractivity (Wildman–Crippen MR) is 60.6 cm³/mol. The number of hydrogen-bond donors (Lipinski definition) is 1.